The molecule has 0 amide bonds. The molecule has 4 nitrogen and oxygen atoms in total. The zero-order chi connectivity index (χ0) is 22.5. The van der Waals surface area contributed by atoms with Crippen molar-refractivity contribution >= 4 is 21.4 Å². The van der Waals surface area contributed by atoms with Gasteiger partial charge in [-0.05, 0) is 79.6 Å². The predicted molar refractivity (Wildman–Crippen MR) is 131 cm³/mol. The standard InChI is InChI=1S/C27H28N2O2S/c1-17-6-4-7-20(14-17)27-23-9-5-8-22(23)24-16-21(12-13-25(24)28-27)32(30,31)29-26-15-18(2)10-11-19(26)3/h4-8,10-16,22-23,27-29H,9H2,1-3H3/t22-,23+,27-/m0/s1. The van der Waals surface area contributed by atoms with E-state index >= 15 is 0 Å². The van der Waals surface area contributed by atoms with Crippen LogP contribution in [0.2, 0.25) is 0 Å². The van der Waals surface area contributed by atoms with E-state index in [1.54, 1.807) is 6.07 Å². The van der Waals surface area contributed by atoms with Gasteiger partial charge in [0.05, 0.1) is 16.6 Å². The number of rotatable bonds is 4. The minimum Gasteiger partial charge on any atom is -0.378 e. The molecule has 0 saturated carbocycles. The van der Waals surface area contributed by atoms with Gasteiger partial charge in [0.15, 0.2) is 0 Å². The van der Waals surface area contributed by atoms with E-state index in [1.807, 2.05) is 44.2 Å². The van der Waals surface area contributed by atoms with Crippen LogP contribution in [0.4, 0.5) is 11.4 Å². The molecule has 32 heavy (non-hydrogen) atoms. The molecular formula is C27H28N2O2S. The summed E-state index contributed by atoms with van der Waals surface area (Å²) in [6.07, 6.45) is 5.44. The monoisotopic (exact) mass is 444 g/mol. The molecule has 2 N–H and O–H groups in total. The SMILES string of the molecule is Cc1cccc([C@@H]2Nc3ccc(S(=O)(=O)Nc4cc(C)ccc4C)cc3[C@H]3C=CC[C@H]32)c1. The first-order valence-corrected chi connectivity index (χ1v) is 12.5. The molecule has 0 saturated heterocycles. The third-order valence-electron chi connectivity index (χ3n) is 6.68. The normalized spacial score (nSPS) is 21.5. The Morgan fingerprint density at radius 1 is 0.938 bits per heavy atom. The average molecular weight is 445 g/mol. The molecule has 2 aliphatic rings. The Labute approximate surface area is 190 Å². The Bertz CT molecular complexity index is 1330. The first kappa shape index (κ1) is 20.8. The number of hydrogen-bond acceptors (Lipinski definition) is 3. The van der Waals surface area contributed by atoms with Crippen LogP contribution in [0, 0.1) is 26.7 Å². The maximum absolute atomic E-state index is 13.2. The molecule has 1 aliphatic carbocycles. The molecule has 3 atom stereocenters. The first-order valence-electron chi connectivity index (χ1n) is 11.1. The largest absolute Gasteiger partial charge is 0.378 e. The lowest BCUT2D eigenvalue weighted by Crippen LogP contribution is -2.29. The Hall–Kier alpha value is -3.05. The fraction of sp³-hybridized carbons (Fsp3) is 0.259. The third kappa shape index (κ3) is 3.71. The van der Waals surface area contributed by atoms with Gasteiger partial charge >= 0.3 is 0 Å². The van der Waals surface area contributed by atoms with E-state index in [1.165, 1.54) is 11.1 Å². The van der Waals surface area contributed by atoms with Gasteiger partial charge in [0.2, 0.25) is 0 Å². The maximum atomic E-state index is 13.2. The number of aryl methyl sites for hydroxylation is 3. The molecule has 3 aromatic carbocycles. The molecule has 0 spiro atoms. The molecule has 0 unspecified atom stereocenters. The summed E-state index contributed by atoms with van der Waals surface area (Å²) in [7, 11) is -3.69. The van der Waals surface area contributed by atoms with Crippen molar-refractivity contribution in [2.45, 2.75) is 44.0 Å². The highest BCUT2D eigenvalue weighted by molar-refractivity contribution is 7.92. The van der Waals surface area contributed by atoms with Crippen molar-refractivity contribution in [1.82, 2.24) is 0 Å². The number of allylic oxidation sites excluding steroid dienone is 2. The van der Waals surface area contributed by atoms with Gasteiger partial charge in [-0.15, -0.1) is 0 Å². The number of hydrogen-bond donors (Lipinski definition) is 2. The van der Waals surface area contributed by atoms with Crippen molar-refractivity contribution in [2.75, 3.05) is 10.0 Å². The summed E-state index contributed by atoms with van der Waals surface area (Å²) >= 11 is 0. The van der Waals surface area contributed by atoms with Gasteiger partial charge in [0.25, 0.3) is 10.0 Å². The van der Waals surface area contributed by atoms with Crippen molar-refractivity contribution in [3.63, 3.8) is 0 Å². The second-order valence-corrected chi connectivity index (χ2v) is 10.7. The van der Waals surface area contributed by atoms with Crippen LogP contribution in [-0.2, 0) is 10.0 Å². The molecule has 1 aliphatic heterocycles. The molecule has 164 valence electrons. The van der Waals surface area contributed by atoms with Gasteiger partial charge in [-0.2, -0.15) is 0 Å². The zero-order valence-electron chi connectivity index (χ0n) is 18.6. The van der Waals surface area contributed by atoms with Crippen LogP contribution < -0.4 is 10.0 Å². The summed E-state index contributed by atoms with van der Waals surface area (Å²) in [4.78, 5) is 0.298. The van der Waals surface area contributed by atoms with Crippen LogP contribution >= 0.6 is 0 Å². The minimum atomic E-state index is -3.69. The number of fused-ring (bicyclic) bond motifs is 3. The molecule has 0 fully saturated rings. The Morgan fingerprint density at radius 2 is 1.75 bits per heavy atom. The lowest BCUT2D eigenvalue weighted by molar-refractivity contribution is 0.425. The quantitative estimate of drug-likeness (QED) is 0.468. The van der Waals surface area contributed by atoms with E-state index in [2.05, 4.69) is 53.4 Å². The smallest absolute Gasteiger partial charge is 0.261 e. The Balaban J connectivity index is 1.50. The van der Waals surface area contributed by atoms with Gasteiger partial charge < -0.3 is 5.32 Å². The highest BCUT2D eigenvalue weighted by atomic mass is 32.2. The van der Waals surface area contributed by atoms with Crippen LogP contribution in [0.1, 0.15) is 46.2 Å². The number of sulfonamides is 1. The number of benzene rings is 3. The van der Waals surface area contributed by atoms with Gasteiger partial charge in [0, 0.05) is 11.6 Å². The second kappa shape index (κ2) is 7.82. The van der Waals surface area contributed by atoms with Crippen LogP contribution in [0.5, 0.6) is 0 Å². The highest BCUT2D eigenvalue weighted by Crippen LogP contribution is 2.50. The molecule has 0 bridgehead atoms. The molecule has 5 heteroatoms. The minimum absolute atomic E-state index is 0.201. The summed E-state index contributed by atoms with van der Waals surface area (Å²) < 4.78 is 29.2. The summed E-state index contributed by atoms with van der Waals surface area (Å²) in [6, 6.07) is 20.1. The van der Waals surface area contributed by atoms with Gasteiger partial charge in [-0.3, -0.25) is 4.72 Å². The topological polar surface area (TPSA) is 58.2 Å². The van der Waals surface area contributed by atoms with Crippen molar-refractivity contribution in [3.8, 4) is 0 Å². The number of anilines is 2. The van der Waals surface area contributed by atoms with E-state index in [-0.39, 0.29) is 12.0 Å². The van der Waals surface area contributed by atoms with E-state index in [0.29, 0.717) is 16.5 Å². The van der Waals surface area contributed by atoms with E-state index in [9.17, 15) is 8.42 Å². The zero-order valence-corrected chi connectivity index (χ0v) is 19.4. The van der Waals surface area contributed by atoms with E-state index in [0.717, 1.165) is 28.8 Å². The van der Waals surface area contributed by atoms with Crippen LogP contribution in [0.25, 0.3) is 0 Å². The molecule has 3 aromatic rings. The van der Waals surface area contributed by atoms with Crippen molar-refractivity contribution < 1.29 is 8.42 Å². The fourth-order valence-electron chi connectivity index (χ4n) is 4.98. The fourth-order valence-corrected chi connectivity index (χ4v) is 6.14. The first-order chi connectivity index (χ1) is 15.3. The van der Waals surface area contributed by atoms with Crippen LogP contribution in [-0.4, -0.2) is 8.42 Å². The van der Waals surface area contributed by atoms with Crippen molar-refractivity contribution in [3.05, 3.63) is 101 Å². The average Bonchev–Trinajstić information content (AvgIpc) is 3.25. The van der Waals surface area contributed by atoms with Crippen molar-refractivity contribution in [2.24, 2.45) is 5.92 Å². The molecule has 5 rings (SSSR count). The Morgan fingerprint density at radius 3 is 2.56 bits per heavy atom. The van der Waals surface area contributed by atoms with Crippen molar-refractivity contribution in [1.29, 1.82) is 0 Å². The summed E-state index contributed by atoms with van der Waals surface area (Å²) in [6.45, 7) is 5.98. The molecule has 1 heterocycles. The lowest BCUT2D eigenvalue weighted by Gasteiger charge is -2.37. The lowest BCUT2D eigenvalue weighted by atomic mass is 9.77. The second-order valence-electron chi connectivity index (χ2n) is 9.06. The van der Waals surface area contributed by atoms with Gasteiger partial charge in [-0.25, -0.2) is 8.42 Å². The summed E-state index contributed by atoms with van der Waals surface area (Å²) in [5.41, 5.74) is 7.13. The third-order valence-corrected chi connectivity index (χ3v) is 8.05. The van der Waals surface area contributed by atoms with E-state index in [4.69, 9.17) is 0 Å². The Kier molecular flexibility index (Phi) is 5.09. The van der Waals surface area contributed by atoms with Crippen LogP contribution in [0.15, 0.2) is 77.7 Å². The maximum Gasteiger partial charge on any atom is 0.261 e. The van der Waals surface area contributed by atoms with Crippen LogP contribution in [0.3, 0.4) is 0 Å². The predicted octanol–water partition coefficient (Wildman–Crippen LogP) is 6.24. The highest BCUT2D eigenvalue weighted by Gasteiger charge is 2.38. The molecular weight excluding hydrogens is 416 g/mol. The van der Waals surface area contributed by atoms with E-state index < -0.39 is 10.0 Å². The number of nitrogens with one attached hydrogen (secondary N) is 2. The summed E-state index contributed by atoms with van der Waals surface area (Å²) in [5, 5.41) is 3.70. The van der Waals surface area contributed by atoms with Gasteiger partial charge in [-0.1, -0.05) is 54.1 Å². The summed E-state index contributed by atoms with van der Waals surface area (Å²) in [5.74, 6) is 0.571. The molecule has 0 radical (unpaired) electrons. The van der Waals surface area contributed by atoms with Gasteiger partial charge in [0.1, 0.15) is 0 Å². The molecule has 0 aromatic heterocycles.